The van der Waals surface area contributed by atoms with Gasteiger partial charge in [0.15, 0.2) is 5.76 Å². The maximum atomic E-state index is 12.5. The second-order valence-electron chi connectivity index (χ2n) is 8.90. The number of hydrogen-bond donors (Lipinski definition) is 2. The Morgan fingerprint density at radius 3 is 2.28 bits per heavy atom. The highest BCUT2D eigenvalue weighted by Crippen LogP contribution is 2.35. The van der Waals surface area contributed by atoms with E-state index in [0.29, 0.717) is 6.42 Å². The van der Waals surface area contributed by atoms with Gasteiger partial charge in [0.25, 0.3) is 0 Å². The first kappa shape index (κ1) is 25.4. The molecule has 0 saturated carbocycles. The Kier molecular flexibility index (Phi) is 10.1. The summed E-state index contributed by atoms with van der Waals surface area (Å²) in [6.07, 6.45) is 8.89. The molecule has 0 saturated heterocycles. The third-order valence-electron chi connectivity index (χ3n) is 5.73. The molecule has 0 radical (unpaired) electrons. The van der Waals surface area contributed by atoms with E-state index >= 15 is 0 Å². The molecule has 0 bridgehead atoms. The van der Waals surface area contributed by atoms with Crippen LogP contribution in [0.15, 0.2) is 34.8 Å². The average Bonchev–Trinajstić information content (AvgIpc) is 2.63. The van der Waals surface area contributed by atoms with Crippen LogP contribution < -0.4 is 0 Å². The Bertz CT molecular complexity index is 636. The van der Waals surface area contributed by atoms with E-state index < -0.39 is 11.7 Å². The topological polar surface area (TPSA) is 76.0 Å². The summed E-state index contributed by atoms with van der Waals surface area (Å²) in [6.45, 7) is 9.76. The summed E-state index contributed by atoms with van der Waals surface area (Å²) in [5.74, 6) is -0.285. The van der Waals surface area contributed by atoms with Crippen molar-refractivity contribution in [2.75, 3.05) is 14.2 Å². The second kappa shape index (κ2) is 11.6. The Morgan fingerprint density at radius 2 is 1.72 bits per heavy atom. The number of Topliss-reactive ketones (excluding diaryl/α,β-unsaturated/α-hetero) is 1. The number of carbonyl (C=O) groups excluding carboxylic acids is 1. The predicted molar refractivity (Wildman–Crippen MR) is 116 cm³/mol. The van der Waals surface area contributed by atoms with Crippen molar-refractivity contribution >= 4 is 5.78 Å². The third kappa shape index (κ3) is 7.98. The highest BCUT2D eigenvalue weighted by Gasteiger charge is 2.42. The van der Waals surface area contributed by atoms with Gasteiger partial charge >= 0.3 is 0 Å². The molecule has 3 unspecified atom stereocenters. The predicted octanol–water partition coefficient (Wildman–Crippen LogP) is 4.69. The minimum Gasteiger partial charge on any atom is -0.494 e. The number of ether oxygens (including phenoxy) is 2. The zero-order chi connectivity index (χ0) is 22.2. The number of allylic oxidation sites excluding steroid dienone is 5. The van der Waals surface area contributed by atoms with Crippen molar-refractivity contribution in [2.24, 2.45) is 11.8 Å². The van der Waals surface area contributed by atoms with Gasteiger partial charge in [-0.25, -0.2) is 0 Å². The van der Waals surface area contributed by atoms with E-state index in [1.54, 1.807) is 0 Å². The lowest BCUT2D eigenvalue weighted by molar-refractivity contribution is -0.128. The number of aliphatic hydroxyl groups is 2. The number of aliphatic hydroxyl groups excluding tert-OH is 1. The van der Waals surface area contributed by atoms with Gasteiger partial charge < -0.3 is 19.7 Å². The summed E-state index contributed by atoms with van der Waals surface area (Å²) in [7, 11) is 2.88. The van der Waals surface area contributed by atoms with Gasteiger partial charge in [-0.2, -0.15) is 0 Å². The van der Waals surface area contributed by atoms with Gasteiger partial charge in [0, 0.05) is 11.8 Å². The summed E-state index contributed by atoms with van der Waals surface area (Å²) in [5, 5.41) is 20.4. The zero-order valence-corrected chi connectivity index (χ0v) is 19.2. The maximum absolute atomic E-state index is 12.5. The van der Waals surface area contributed by atoms with Crippen molar-refractivity contribution in [2.45, 2.75) is 84.8 Å². The minimum atomic E-state index is -0.843. The van der Waals surface area contributed by atoms with Crippen molar-refractivity contribution in [1.29, 1.82) is 0 Å². The van der Waals surface area contributed by atoms with E-state index in [4.69, 9.17) is 9.47 Å². The van der Waals surface area contributed by atoms with Gasteiger partial charge in [-0.3, -0.25) is 4.79 Å². The normalized spacial score (nSPS) is 24.2. The van der Waals surface area contributed by atoms with Crippen LogP contribution in [0.25, 0.3) is 0 Å². The quantitative estimate of drug-likeness (QED) is 0.485. The summed E-state index contributed by atoms with van der Waals surface area (Å²) < 4.78 is 10.4. The number of carbonyl (C=O) groups is 1. The zero-order valence-electron chi connectivity index (χ0n) is 19.2. The molecule has 0 aromatic rings. The molecule has 0 amide bonds. The fourth-order valence-corrected chi connectivity index (χ4v) is 3.76. The molecule has 3 atom stereocenters. The smallest absolute Gasteiger partial charge is 0.204 e. The molecule has 5 nitrogen and oxygen atoms in total. The first-order valence-corrected chi connectivity index (χ1v) is 10.6. The molecule has 0 aliphatic heterocycles. The number of ketones is 1. The van der Waals surface area contributed by atoms with Crippen LogP contribution in [0.2, 0.25) is 0 Å². The van der Waals surface area contributed by atoms with Crippen molar-refractivity contribution in [3.8, 4) is 0 Å². The van der Waals surface area contributed by atoms with E-state index in [0.717, 1.165) is 32.1 Å². The lowest BCUT2D eigenvalue weighted by Crippen LogP contribution is -2.40. The first-order valence-electron chi connectivity index (χ1n) is 10.6. The largest absolute Gasteiger partial charge is 0.494 e. The molecule has 0 heterocycles. The highest BCUT2D eigenvalue weighted by atomic mass is 16.5. The number of methoxy groups -OCH3 is 2. The van der Waals surface area contributed by atoms with Crippen LogP contribution in [0.1, 0.15) is 73.1 Å². The fraction of sp³-hybridized carbons (Fsp3) is 0.708. The molecular weight excluding hydrogens is 368 g/mol. The molecule has 1 aliphatic rings. The van der Waals surface area contributed by atoms with Gasteiger partial charge in [0.1, 0.15) is 6.10 Å². The van der Waals surface area contributed by atoms with Crippen LogP contribution in [0.3, 0.4) is 0 Å². The molecular formula is C24H40O5. The Labute approximate surface area is 176 Å². The van der Waals surface area contributed by atoms with Gasteiger partial charge in [0.05, 0.1) is 19.8 Å². The lowest BCUT2D eigenvalue weighted by atomic mass is 9.77. The van der Waals surface area contributed by atoms with E-state index in [-0.39, 0.29) is 29.1 Å². The molecule has 0 aromatic heterocycles. The maximum Gasteiger partial charge on any atom is 0.204 e. The molecule has 0 fully saturated rings. The van der Waals surface area contributed by atoms with Crippen molar-refractivity contribution in [1.82, 2.24) is 0 Å². The Hall–Kier alpha value is -1.59. The summed E-state index contributed by atoms with van der Waals surface area (Å²) >= 11 is 0. The molecule has 1 aliphatic carbocycles. The number of hydrogen-bond acceptors (Lipinski definition) is 5. The minimum absolute atomic E-state index is 0.115. The van der Waals surface area contributed by atoms with E-state index in [9.17, 15) is 15.0 Å². The SMILES string of the molecule is COC1=C(OC)C(O)C(CC=C(C)CCC=C(C)CCCC(C)(C)O)C(C)C1=O. The molecule has 5 heteroatoms. The monoisotopic (exact) mass is 408 g/mol. The van der Waals surface area contributed by atoms with Crippen LogP contribution in [0, 0.1) is 11.8 Å². The van der Waals surface area contributed by atoms with E-state index in [1.165, 1.54) is 25.4 Å². The van der Waals surface area contributed by atoms with Crippen LogP contribution in [-0.4, -0.2) is 41.9 Å². The number of rotatable bonds is 11. The van der Waals surface area contributed by atoms with Crippen LogP contribution in [-0.2, 0) is 14.3 Å². The van der Waals surface area contributed by atoms with E-state index in [2.05, 4.69) is 26.0 Å². The average molecular weight is 409 g/mol. The van der Waals surface area contributed by atoms with Crippen LogP contribution >= 0.6 is 0 Å². The van der Waals surface area contributed by atoms with Crippen molar-refractivity contribution in [3.63, 3.8) is 0 Å². The van der Waals surface area contributed by atoms with Crippen molar-refractivity contribution in [3.05, 3.63) is 34.8 Å². The molecule has 1 rings (SSSR count). The molecule has 29 heavy (non-hydrogen) atoms. The van der Waals surface area contributed by atoms with E-state index in [1.807, 2.05) is 20.8 Å². The van der Waals surface area contributed by atoms with Gasteiger partial charge in [-0.1, -0.05) is 30.2 Å². The van der Waals surface area contributed by atoms with Gasteiger partial charge in [-0.05, 0) is 66.2 Å². The highest BCUT2D eigenvalue weighted by molar-refractivity contribution is 5.97. The fourth-order valence-electron chi connectivity index (χ4n) is 3.76. The second-order valence-corrected chi connectivity index (χ2v) is 8.90. The first-order chi connectivity index (χ1) is 13.5. The summed E-state index contributed by atoms with van der Waals surface area (Å²) in [5.41, 5.74) is 2.01. The lowest BCUT2D eigenvalue weighted by Gasteiger charge is -2.33. The summed E-state index contributed by atoms with van der Waals surface area (Å²) in [4.78, 5) is 12.5. The molecule has 2 N–H and O–H groups in total. The van der Waals surface area contributed by atoms with Gasteiger partial charge in [0.2, 0.25) is 11.5 Å². The molecule has 0 aromatic carbocycles. The van der Waals surface area contributed by atoms with Crippen LogP contribution in [0.5, 0.6) is 0 Å². The van der Waals surface area contributed by atoms with Crippen molar-refractivity contribution < 1.29 is 24.5 Å². The van der Waals surface area contributed by atoms with Gasteiger partial charge in [-0.15, -0.1) is 0 Å². The molecule has 0 spiro atoms. The Balaban J connectivity index is 2.59. The van der Waals surface area contributed by atoms with Crippen LogP contribution in [0.4, 0.5) is 0 Å². The molecule has 166 valence electrons. The third-order valence-corrected chi connectivity index (χ3v) is 5.73. The standard InChI is InChI=1S/C24H40O5/c1-16(12-9-15-24(4,5)27)10-8-11-17(2)13-14-19-18(3)20(25)22(28-6)23(29-7)21(19)26/h10,13,18-19,21,26-27H,8-9,11-12,14-15H2,1-7H3. The summed E-state index contributed by atoms with van der Waals surface area (Å²) in [6, 6.07) is 0. The Morgan fingerprint density at radius 1 is 1.10 bits per heavy atom.